The second kappa shape index (κ2) is 10.6. The molecule has 0 unspecified atom stereocenters. The van der Waals surface area contributed by atoms with Crippen molar-refractivity contribution in [1.82, 2.24) is 10.6 Å². The Morgan fingerprint density at radius 3 is 2.45 bits per heavy atom. The van der Waals surface area contributed by atoms with Crippen molar-refractivity contribution in [3.05, 3.63) is 81.0 Å². The predicted molar refractivity (Wildman–Crippen MR) is 121 cm³/mol. The average Bonchev–Trinajstić information content (AvgIpc) is 3.33. The topological polar surface area (TPSA) is 96.5 Å². The zero-order valence-corrected chi connectivity index (χ0v) is 18.2. The van der Waals surface area contributed by atoms with Crippen LogP contribution in [0.25, 0.3) is 0 Å². The summed E-state index contributed by atoms with van der Waals surface area (Å²) in [5.74, 6) is -0.365. The summed E-state index contributed by atoms with van der Waals surface area (Å²) in [6.45, 7) is 0.146. The van der Waals surface area contributed by atoms with Crippen LogP contribution < -0.4 is 20.7 Å². The van der Waals surface area contributed by atoms with Crippen LogP contribution >= 0.6 is 22.9 Å². The van der Waals surface area contributed by atoms with Crippen molar-refractivity contribution in [2.45, 2.75) is 6.54 Å². The highest BCUT2D eigenvalue weighted by Gasteiger charge is 2.13. The number of ether oxygens (including phenoxy) is 1. The molecule has 0 aliphatic heterocycles. The Morgan fingerprint density at radius 1 is 1.00 bits per heavy atom. The highest BCUT2D eigenvalue weighted by atomic mass is 35.5. The van der Waals surface area contributed by atoms with Crippen LogP contribution in [-0.4, -0.2) is 31.4 Å². The molecule has 2 aromatic carbocycles. The van der Waals surface area contributed by atoms with Crippen LogP contribution in [0.2, 0.25) is 5.02 Å². The number of rotatable bonds is 8. The largest absolute Gasteiger partial charge is 0.497 e. The second-order valence-electron chi connectivity index (χ2n) is 6.43. The molecular formula is C22H20ClN3O4S. The predicted octanol–water partition coefficient (Wildman–Crippen LogP) is 3.71. The fourth-order valence-electron chi connectivity index (χ4n) is 2.62. The van der Waals surface area contributed by atoms with Crippen LogP contribution in [0.4, 0.5) is 5.69 Å². The highest BCUT2D eigenvalue weighted by molar-refractivity contribution is 7.12. The number of anilines is 1. The van der Waals surface area contributed by atoms with Gasteiger partial charge < -0.3 is 20.7 Å². The highest BCUT2D eigenvalue weighted by Crippen LogP contribution is 2.24. The molecule has 3 amide bonds. The van der Waals surface area contributed by atoms with Crippen LogP contribution in [0.3, 0.4) is 0 Å². The number of hydrogen-bond acceptors (Lipinski definition) is 5. The minimum absolute atomic E-state index is 0.186. The maximum absolute atomic E-state index is 12.4. The van der Waals surface area contributed by atoms with Crippen LogP contribution in [0.1, 0.15) is 25.6 Å². The minimum atomic E-state index is -0.456. The van der Waals surface area contributed by atoms with Gasteiger partial charge in [-0.2, -0.15) is 0 Å². The lowest BCUT2D eigenvalue weighted by Crippen LogP contribution is -2.36. The zero-order valence-electron chi connectivity index (χ0n) is 16.6. The monoisotopic (exact) mass is 457 g/mol. The normalized spacial score (nSPS) is 10.3. The third kappa shape index (κ3) is 6.31. The smallest absolute Gasteiger partial charge is 0.265 e. The second-order valence-corrected chi connectivity index (χ2v) is 7.79. The Balaban J connectivity index is 1.52. The van der Waals surface area contributed by atoms with Gasteiger partial charge in [0.25, 0.3) is 11.8 Å². The Labute approximate surface area is 188 Å². The van der Waals surface area contributed by atoms with Gasteiger partial charge in [-0.25, -0.2) is 0 Å². The Hall–Kier alpha value is -3.36. The van der Waals surface area contributed by atoms with Crippen LogP contribution in [0, 0.1) is 0 Å². The quantitative estimate of drug-likeness (QED) is 0.480. The molecular weight excluding hydrogens is 438 g/mol. The molecule has 0 bridgehead atoms. The van der Waals surface area contributed by atoms with Crippen molar-refractivity contribution < 1.29 is 19.1 Å². The van der Waals surface area contributed by atoms with E-state index in [2.05, 4.69) is 16.0 Å². The molecule has 160 valence electrons. The zero-order chi connectivity index (χ0) is 22.2. The molecule has 0 fully saturated rings. The summed E-state index contributed by atoms with van der Waals surface area (Å²) in [7, 11) is 1.58. The van der Waals surface area contributed by atoms with Gasteiger partial charge in [0, 0.05) is 12.1 Å². The van der Waals surface area contributed by atoms with Crippen molar-refractivity contribution in [2.75, 3.05) is 19.0 Å². The Morgan fingerprint density at radius 2 is 1.77 bits per heavy atom. The van der Waals surface area contributed by atoms with Crippen molar-refractivity contribution in [3.63, 3.8) is 0 Å². The van der Waals surface area contributed by atoms with E-state index in [1.807, 2.05) is 12.1 Å². The number of nitrogens with one attached hydrogen (secondary N) is 3. The number of amides is 3. The molecule has 0 saturated heterocycles. The molecule has 0 aliphatic carbocycles. The summed E-state index contributed by atoms with van der Waals surface area (Å²) in [5.41, 5.74) is 1.50. The molecule has 7 nitrogen and oxygen atoms in total. The number of carbonyl (C=O) groups excluding carboxylic acids is 3. The molecule has 9 heteroatoms. The molecule has 1 heterocycles. The van der Waals surface area contributed by atoms with E-state index in [0.29, 0.717) is 22.1 Å². The van der Waals surface area contributed by atoms with Gasteiger partial charge in [0.15, 0.2) is 0 Å². The van der Waals surface area contributed by atoms with Gasteiger partial charge in [0.2, 0.25) is 5.91 Å². The van der Waals surface area contributed by atoms with Crippen molar-refractivity contribution in [3.8, 4) is 5.75 Å². The maximum atomic E-state index is 12.4. The molecule has 0 aliphatic rings. The van der Waals surface area contributed by atoms with Gasteiger partial charge in [-0.15, -0.1) is 11.3 Å². The number of halogens is 1. The Bertz CT molecular complexity index is 1070. The van der Waals surface area contributed by atoms with E-state index in [0.717, 1.165) is 11.3 Å². The lowest BCUT2D eigenvalue weighted by atomic mass is 10.2. The summed E-state index contributed by atoms with van der Waals surface area (Å²) in [4.78, 5) is 37.2. The van der Waals surface area contributed by atoms with E-state index in [1.165, 1.54) is 29.5 Å². The molecule has 3 rings (SSSR count). The first-order valence-corrected chi connectivity index (χ1v) is 10.5. The standard InChI is InChI=1S/C22H20ClN3O4S/c1-30-16-7-4-14(5-8-16)12-24-20(27)13-25-21(28)15-6-9-17(23)18(11-15)26-22(29)19-3-2-10-31-19/h2-11H,12-13H2,1H3,(H,24,27)(H,25,28)(H,26,29). The lowest BCUT2D eigenvalue weighted by Gasteiger charge is -2.10. The summed E-state index contributed by atoms with van der Waals surface area (Å²) in [5, 5.41) is 10.1. The van der Waals surface area contributed by atoms with Gasteiger partial charge in [-0.1, -0.05) is 29.8 Å². The third-order valence-corrected chi connectivity index (χ3v) is 5.48. The van der Waals surface area contributed by atoms with Gasteiger partial charge in [-0.3, -0.25) is 14.4 Å². The first kappa shape index (κ1) is 22.3. The lowest BCUT2D eigenvalue weighted by molar-refractivity contribution is -0.120. The third-order valence-electron chi connectivity index (χ3n) is 4.28. The van der Waals surface area contributed by atoms with Crippen LogP contribution in [0.5, 0.6) is 5.75 Å². The summed E-state index contributed by atoms with van der Waals surface area (Å²) >= 11 is 7.43. The fourth-order valence-corrected chi connectivity index (χ4v) is 3.41. The molecule has 3 aromatic rings. The molecule has 3 N–H and O–H groups in total. The number of thiophene rings is 1. The van der Waals surface area contributed by atoms with E-state index in [-0.39, 0.29) is 23.9 Å². The summed E-state index contributed by atoms with van der Waals surface area (Å²) in [6, 6.07) is 15.3. The average molecular weight is 458 g/mol. The van der Waals surface area contributed by atoms with Crippen LogP contribution in [-0.2, 0) is 11.3 Å². The van der Waals surface area contributed by atoms with E-state index < -0.39 is 5.91 Å². The van der Waals surface area contributed by atoms with Crippen LogP contribution in [0.15, 0.2) is 60.0 Å². The van der Waals surface area contributed by atoms with E-state index in [9.17, 15) is 14.4 Å². The van der Waals surface area contributed by atoms with Crippen molar-refractivity contribution in [2.24, 2.45) is 0 Å². The summed E-state index contributed by atoms with van der Waals surface area (Å²) < 4.78 is 5.09. The van der Waals surface area contributed by atoms with E-state index >= 15 is 0 Å². The molecule has 31 heavy (non-hydrogen) atoms. The number of carbonyl (C=O) groups is 3. The maximum Gasteiger partial charge on any atom is 0.265 e. The van der Waals surface area contributed by atoms with Gasteiger partial charge in [0.1, 0.15) is 5.75 Å². The molecule has 0 radical (unpaired) electrons. The molecule has 0 spiro atoms. The summed E-state index contributed by atoms with van der Waals surface area (Å²) in [6.07, 6.45) is 0. The molecule has 0 saturated carbocycles. The number of hydrogen-bond donors (Lipinski definition) is 3. The van der Waals surface area contributed by atoms with Crippen molar-refractivity contribution in [1.29, 1.82) is 0 Å². The first-order valence-electron chi connectivity index (χ1n) is 9.28. The number of benzene rings is 2. The van der Waals surface area contributed by atoms with Gasteiger partial charge in [0.05, 0.1) is 29.2 Å². The Kier molecular flexibility index (Phi) is 7.64. The molecule has 1 aromatic heterocycles. The minimum Gasteiger partial charge on any atom is -0.497 e. The first-order chi connectivity index (χ1) is 15.0. The van der Waals surface area contributed by atoms with Gasteiger partial charge >= 0.3 is 0 Å². The number of methoxy groups -OCH3 is 1. The van der Waals surface area contributed by atoms with Gasteiger partial charge in [-0.05, 0) is 47.3 Å². The molecule has 0 atom stereocenters. The SMILES string of the molecule is COc1ccc(CNC(=O)CNC(=O)c2ccc(Cl)c(NC(=O)c3cccs3)c2)cc1. The van der Waals surface area contributed by atoms with Crippen molar-refractivity contribution >= 4 is 46.3 Å². The fraction of sp³-hybridized carbons (Fsp3) is 0.136. The van der Waals surface area contributed by atoms with E-state index in [1.54, 1.807) is 36.8 Å². The van der Waals surface area contributed by atoms with E-state index in [4.69, 9.17) is 16.3 Å².